The van der Waals surface area contributed by atoms with E-state index in [1.54, 1.807) is 4.90 Å². The third-order valence-electron chi connectivity index (χ3n) is 4.58. The maximum Gasteiger partial charge on any atom is 0.317 e. The van der Waals surface area contributed by atoms with Gasteiger partial charge in [0.2, 0.25) is 0 Å². The quantitative estimate of drug-likeness (QED) is 0.782. The van der Waals surface area contributed by atoms with Crippen LogP contribution in [-0.2, 0) is 4.74 Å². The fourth-order valence-corrected chi connectivity index (χ4v) is 3.00. The SMILES string of the molecule is CCNC(=O)N1CCO[C@@H](CN(CCN(C)C)C(=O)c2ccc(C)cc2)C1. The van der Waals surface area contributed by atoms with Gasteiger partial charge in [0.25, 0.3) is 5.91 Å². The molecule has 1 aliphatic rings. The van der Waals surface area contributed by atoms with Crippen molar-refractivity contribution < 1.29 is 14.3 Å². The van der Waals surface area contributed by atoms with Crippen LogP contribution in [0.3, 0.4) is 0 Å². The van der Waals surface area contributed by atoms with E-state index < -0.39 is 0 Å². The lowest BCUT2D eigenvalue weighted by Crippen LogP contribution is -2.53. The molecule has 0 aliphatic carbocycles. The summed E-state index contributed by atoms with van der Waals surface area (Å²) in [6.07, 6.45) is -0.182. The lowest BCUT2D eigenvalue weighted by atomic mass is 10.1. The Hall–Kier alpha value is -2.12. The highest BCUT2D eigenvalue weighted by molar-refractivity contribution is 5.94. The van der Waals surface area contributed by atoms with E-state index in [2.05, 4.69) is 10.2 Å². The third kappa shape index (κ3) is 6.52. The Labute approximate surface area is 162 Å². The van der Waals surface area contributed by atoms with Gasteiger partial charge in [0.05, 0.1) is 19.3 Å². The molecule has 0 spiro atoms. The molecule has 0 radical (unpaired) electrons. The number of benzene rings is 1. The predicted octanol–water partition coefficient (Wildman–Crippen LogP) is 1.43. The summed E-state index contributed by atoms with van der Waals surface area (Å²) in [6.45, 7) is 7.91. The Morgan fingerprint density at radius 1 is 1.22 bits per heavy atom. The van der Waals surface area contributed by atoms with Gasteiger partial charge in [-0.1, -0.05) is 17.7 Å². The Kier molecular flexibility index (Phi) is 8.06. The van der Waals surface area contributed by atoms with Crippen LogP contribution >= 0.6 is 0 Å². The van der Waals surface area contributed by atoms with Gasteiger partial charge in [-0.15, -0.1) is 0 Å². The van der Waals surface area contributed by atoms with E-state index in [0.717, 1.165) is 12.1 Å². The number of aryl methyl sites for hydroxylation is 1. The topological polar surface area (TPSA) is 65.1 Å². The van der Waals surface area contributed by atoms with Gasteiger partial charge in [0.15, 0.2) is 0 Å². The highest BCUT2D eigenvalue weighted by atomic mass is 16.5. The first-order chi connectivity index (χ1) is 12.9. The largest absolute Gasteiger partial charge is 0.373 e. The number of hydrogen-bond acceptors (Lipinski definition) is 4. The maximum absolute atomic E-state index is 13.0. The Balaban J connectivity index is 2.05. The van der Waals surface area contributed by atoms with E-state index in [1.807, 2.05) is 57.1 Å². The van der Waals surface area contributed by atoms with Gasteiger partial charge in [-0.05, 0) is 40.1 Å². The van der Waals surface area contributed by atoms with Crippen molar-refractivity contribution in [2.24, 2.45) is 0 Å². The summed E-state index contributed by atoms with van der Waals surface area (Å²) in [5.74, 6) is -0.00409. The van der Waals surface area contributed by atoms with Gasteiger partial charge >= 0.3 is 6.03 Å². The first kappa shape index (κ1) is 21.2. The average molecular weight is 377 g/mol. The van der Waals surface area contributed by atoms with Gasteiger partial charge in [-0.25, -0.2) is 4.79 Å². The summed E-state index contributed by atoms with van der Waals surface area (Å²) in [5, 5.41) is 2.83. The van der Waals surface area contributed by atoms with Crippen molar-refractivity contribution in [3.63, 3.8) is 0 Å². The number of urea groups is 1. The van der Waals surface area contributed by atoms with E-state index >= 15 is 0 Å². The fraction of sp³-hybridized carbons (Fsp3) is 0.600. The number of nitrogens with zero attached hydrogens (tertiary/aromatic N) is 3. The number of nitrogens with one attached hydrogen (secondary N) is 1. The summed E-state index contributed by atoms with van der Waals surface area (Å²) in [6, 6.07) is 7.55. The second-order valence-electron chi connectivity index (χ2n) is 7.19. The van der Waals surface area contributed by atoms with E-state index in [-0.39, 0.29) is 18.0 Å². The molecule has 0 unspecified atom stereocenters. The molecular formula is C20H32N4O3. The lowest BCUT2D eigenvalue weighted by molar-refractivity contribution is -0.0280. The lowest BCUT2D eigenvalue weighted by Gasteiger charge is -2.36. The molecule has 0 saturated carbocycles. The highest BCUT2D eigenvalue weighted by Gasteiger charge is 2.27. The van der Waals surface area contributed by atoms with Gasteiger partial charge in [-0.3, -0.25) is 4.79 Å². The van der Waals surface area contributed by atoms with Crippen LogP contribution in [0.1, 0.15) is 22.8 Å². The van der Waals surface area contributed by atoms with Crippen LogP contribution in [-0.4, -0.2) is 92.7 Å². The van der Waals surface area contributed by atoms with Gasteiger partial charge in [-0.2, -0.15) is 0 Å². The van der Waals surface area contributed by atoms with E-state index in [0.29, 0.717) is 44.9 Å². The van der Waals surface area contributed by atoms with Crippen LogP contribution < -0.4 is 5.32 Å². The molecule has 0 aromatic heterocycles. The molecule has 3 amide bonds. The van der Waals surface area contributed by atoms with Crippen molar-refractivity contribution in [2.75, 3.05) is 60.0 Å². The normalized spacial score (nSPS) is 17.1. The molecule has 0 bridgehead atoms. The molecule has 1 aromatic carbocycles. The molecule has 7 nitrogen and oxygen atoms in total. The molecule has 1 N–H and O–H groups in total. The number of carbonyl (C=O) groups is 2. The molecule has 1 fully saturated rings. The highest BCUT2D eigenvalue weighted by Crippen LogP contribution is 2.12. The molecule has 7 heteroatoms. The number of rotatable bonds is 7. The summed E-state index contributed by atoms with van der Waals surface area (Å²) in [7, 11) is 3.98. The van der Waals surface area contributed by atoms with Crippen molar-refractivity contribution in [3.05, 3.63) is 35.4 Å². The number of amides is 3. The Morgan fingerprint density at radius 3 is 2.56 bits per heavy atom. The number of carbonyl (C=O) groups excluding carboxylic acids is 2. The molecule has 1 aromatic rings. The monoisotopic (exact) mass is 376 g/mol. The second-order valence-corrected chi connectivity index (χ2v) is 7.19. The van der Waals surface area contributed by atoms with Crippen LogP contribution in [0.5, 0.6) is 0 Å². The van der Waals surface area contributed by atoms with Gasteiger partial charge < -0.3 is 24.8 Å². The summed E-state index contributed by atoms with van der Waals surface area (Å²) >= 11 is 0. The van der Waals surface area contributed by atoms with Crippen LogP contribution in [0.25, 0.3) is 0 Å². The minimum atomic E-state index is -0.182. The van der Waals surface area contributed by atoms with Crippen LogP contribution in [0.15, 0.2) is 24.3 Å². The van der Waals surface area contributed by atoms with Crippen molar-refractivity contribution in [3.8, 4) is 0 Å². The van der Waals surface area contributed by atoms with Crippen molar-refractivity contribution >= 4 is 11.9 Å². The molecule has 150 valence electrons. The number of likely N-dealkylation sites (N-methyl/N-ethyl adjacent to an activating group) is 1. The van der Waals surface area contributed by atoms with Crippen molar-refractivity contribution in [1.29, 1.82) is 0 Å². The van der Waals surface area contributed by atoms with E-state index in [4.69, 9.17) is 4.74 Å². The molecule has 1 saturated heterocycles. The molecule has 1 heterocycles. The zero-order valence-electron chi connectivity index (χ0n) is 16.9. The number of ether oxygens (including phenoxy) is 1. The predicted molar refractivity (Wildman–Crippen MR) is 106 cm³/mol. The smallest absolute Gasteiger partial charge is 0.317 e. The van der Waals surface area contributed by atoms with Crippen molar-refractivity contribution in [2.45, 2.75) is 20.0 Å². The summed E-state index contributed by atoms with van der Waals surface area (Å²) in [4.78, 5) is 30.8. The summed E-state index contributed by atoms with van der Waals surface area (Å²) < 4.78 is 5.85. The third-order valence-corrected chi connectivity index (χ3v) is 4.58. The van der Waals surface area contributed by atoms with Gasteiger partial charge in [0, 0.05) is 38.3 Å². The summed E-state index contributed by atoms with van der Waals surface area (Å²) in [5.41, 5.74) is 1.80. The van der Waals surface area contributed by atoms with Crippen LogP contribution in [0.4, 0.5) is 4.79 Å². The molecule has 27 heavy (non-hydrogen) atoms. The molecular weight excluding hydrogens is 344 g/mol. The number of hydrogen-bond donors (Lipinski definition) is 1. The zero-order chi connectivity index (χ0) is 19.8. The maximum atomic E-state index is 13.0. The molecule has 2 rings (SSSR count). The zero-order valence-corrected chi connectivity index (χ0v) is 16.9. The second kappa shape index (κ2) is 10.3. The Bertz CT molecular complexity index is 618. The minimum Gasteiger partial charge on any atom is -0.373 e. The number of morpholine rings is 1. The van der Waals surface area contributed by atoms with E-state index in [9.17, 15) is 9.59 Å². The van der Waals surface area contributed by atoms with Crippen LogP contribution in [0.2, 0.25) is 0 Å². The van der Waals surface area contributed by atoms with Crippen molar-refractivity contribution in [1.82, 2.24) is 20.0 Å². The standard InChI is InChI=1S/C20H32N4O3/c1-5-21-20(26)24-12-13-27-18(15-24)14-23(11-10-22(3)4)19(25)17-8-6-16(2)7-9-17/h6-9,18H,5,10-15H2,1-4H3,(H,21,26)/t18-/m0/s1. The van der Waals surface area contributed by atoms with Gasteiger partial charge in [0.1, 0.15) is 0 Å². The van der Waals surface area contributed by atoms with E-state index in [1.165, 1.54) is 0 Å². The minimum absolute atomic E-state index is 0.00409. The molecule has 1 atom stereocenters. The fourth-order valence-electron chi connectivity index (χ4n) is 3.00. The molecule has 1 aliphatic heterocycles. The average Bonchev–Trinajstić information content (AvgIpc) is 2.65. The van der Waals surface area contributed by atoms with Crippen LogP contribution in [0, 0.1) is 6.92 Å². The first-order valence-electron chi connectivity index (χ1n) is 9.55. The Morgan fingerprint density at radius 2 is 1.93 bits per heavy atom. The first-order valence-corrected chi connectivity index (χ1v) is 9.55.